The van der Waals surface area contributed by atoms with Gasteiger partial charge in [0.1, 0.15) is 0 Å². The van der Waals surface area contributed by atoms with E-state index in [1.54, 1.807) is 14.9 Å². The Morgan fingerprint density at radius 3 is 2.60 bits per heavy atom. The van der Waals surface area contributed by atoms with Gasteiger partial charge in [0.25, 0.3) is 0 Å². The summed E-state index contributed by atoms with van der Waals surface area (Å²) in [5, 5.41) is 29.8. The van der Waals surface area contributed by atoms with Gasteiger partial charge in [0.2, 0.25) is 11.6 Å². The molecule has 0 aromatic carbocycles. The number of hydrogen-bond donors (Lipinski definition) is 2. The zero-order chi connectivity index (χ0) is 13.4. The normalized spacial score (nSPS) is 21.7. The van der Waals surface area contributed by atoms with Gasteiger partial charge in [-0.2, -0.15) is 20.9 Å². The van der Waals surface area contributed by atoms with Crippen molar-refractivity contribution < 1.29 is 0 Å². The van der Waals surface area contributed by atoms with Crippen LogP contribution in [-0.2, 0) is 0 Å². The van der Waals surface area contributed by atoms with Crippen LogP contribution in [0.3, 0.4) is 0 Å². The molecule has 1 aromatic rings. The maximum atomic E-state index is 4.22. The molecule has 0 saturated carbocycles. The van der Waals surface area contributed by atoms with Gasteiger partial charge in [0, 0.05) is 6.54 Å². The van der Waals surface area contributed by atoms with Gasteiger partial charge < -0.3 is 0 Å². The van der Waals surface area contributed by atoms with E-state index in [1.165, 1.54) is 0 Å². The number of rotatable bonds is 3. The Kier molecular flexibility index (Phi) is 2.67. The van der Waals surface area contributed by atoms with Crippen LogP contribution >= 0.6 is 0 Å². The zero-order valence-corrected chi connectivity index (χ0v) is 10.7. The number of nitrogens with one attached hydrogen (secondary N) is 2. The second kappa shape index (κ2) is 4.64. The van der Waals surface area contributed by atoms with Crippen molar-refractivity contribution in [2.75, 3.05) is 54.4 Å². The van der Waals surface area contributed by atoms with Crippen molar-refractivity contribution in [2.45, 2.75) is 0 Å². The Hall–Kier alpha value is -2.34. The Balaban J connectivity index is 1.74. The number of nitrogens with zero attached hydrogens (tertiary/aromatic N) is 10. The van der Waals surface area contributed by atoms with Gasteiger partial charge in [-0.1, -0.05) is 10.4 Å². The number of hydrazine groups is 2. The highest BCUT2D eigenvalue weighted by atomic mass is 15.9. The van der Waals surface area contributed by atoms with E-state index in [0.29, 0.717) is 32.0 Å². The van der Waals surface area contributed by atoms with E-state index in [4.69, 9.17) is 0 Å². The third kappa shape index (κ3) is 1.77. The molecular formula is C8H14N12. The number of anilines is 2. The van der Waals surface area contributed by atoms with Crippen molar-refractivity contribution in [2.24, 2.45) is 20.7 Å². The molecule has 0 aliphatic carbocycles. The van der Waals surface area contributed by atoms with Gasteiger partial charge in [-0.3, -0.25) is 5.01 Å². The average molecular weight is 278 g/mol. The molecule has 4 heterocycles. The van der Waals surface area contributed by atoms with Crippen LogP contribution < -0.4 is 26.1 Å². The molecule has 1 aromatic heterocycles. The molecule has 1 fully saturated rings. The topological polar surface area (TPSA) is 114 Å². The van der Waals surface area contributed by atoms with Gasteiger partial charge in [0.05, 0.1) is 32.7 Å². The van der Waals surface area contributed by atoms with Crippen molar-refractivity contribution in [1.29, 1.82) is 0 Å². The molecule has 3 aliphatic heterocycles. The lowest BCUT2D eigenvalue weighted by molar-refractivity contribution is 0.538. The van der Waals surface area contributed by atoms with Crippen molar-refractivity contribution >= 4 is 11.6 Å². The first-order chi connectivity index (χ1) is 9.93. The van der Waals surface area contributed by atoms with E-state index in [1.807, 2.05) is 5.01 Å². The van der Waals surface area contributed by atoms with Gasteiger partial charge in [-0.05, 0) is 5.21 Å². The molecule has 2 N–H and O–H groups in total. The van der Waals surface area contributed by atoms with E-state index >= 15 is 0 Å². The van der Waals surface area contributed by atoms with E-state index in [9.17, 15) is 0 Å². The summed E-state index contributed by atoms with van der Waals surface area (Å²) in [6.45, 7) is 4.32. The van der Waals surface area contributed by atoms with Crippen LogP contribution in [0.15, 0.2) is 20.7 Å². The minimum atomic E-state index is 0.656. The first-order valence-corrected chi connectivity index (χ1v) is 6.45. The van der Waals surface area contributed by atoms with Gasteiger partial charge in [-0.15, -0.1) is 9.89 Å². The molecule has 12 nitrogen and oxygen atoms in total. The quantitative estimate of drug-likeness (QED) is 0.699. The maximum absolute atomic E-state index is 4.22. The molecule has 3 aliphatic rings. The lowest BCUT2D eigenvalue weighted by atomic mass is 10.5. The molecular weight excluding hydrogens is 264 g/mol. The highest BCUT2D eigenvalue weighted by Gasteiger charge is 2.30. The SMILES string of the molecule is C1CN(c2nnn(N3CCN=N3)c2N2CCNN2)N=N1. The molecule has 0 unspecified atom stereocenters. The second-order valence-corrected chi connectivity index (χ2v) is 4.44. The highest BCUT2D eigenvalue weighted by Crippen LogP contribution is 2.28. The maximum Gasteiger partial charge on any atom is 0.221 e. The third-order valence-corrected chi connectivity index (χ3v) is 3.16. The van der Waals surface area contributed by atoms with Crippen LogP contribution in [0.5, 0.6) is 0 Å². The smallest absolute Gasteiger partial charge is 0.221 e. The molecule has 0 atom stereocenters. The summed E-state index contributed by atoms with van der Waals surface area (Å²) in [5.41, 5.74) is 6.13. The predicted octanol–water partition coefficient (Wildman–Crippen LogP) is -1.39. The number of aromatic nitrogens is 3. The summed E-state index contributed by atoms with van der Waals surface area (Å²) in [7, 11) is 0. The van der Waals surface area contributed by atoms with E-state index in [-0.39, 0.29) is 0 Å². The molecule has 1 saturated heterocycles. The lowest BCUT2D eigenvalue weighted by Crippen LogP contribution is -2.41. The standard InChI is InChI=1S/C8H14N12/c1-4-17(13-9-1)7-8(18-5-2-10-14-18)20(16-12-7)19-6-3-11-15-19/h10,14H,1-6H2. The first kappa shape index (κ1) is 11.5. The van der Waals surface area contributed by atoms with E-state index in [0.717, 1.165) is 18.9 Å². The van der Waals surface area contributed by atoms with Crippen LogP contribution in [0.25, 0.3) is 0 Å². The minimum absolute atomic E-state index is 0.656. The number of hydrogen-bond acceptors (Lipinski definition) is 11. The first-order valence-electron chi connectivity index (χ1n) is 6.45. The summed E-state index contributed by atoms with van der Waals surface area (Å²) in [6, 6.07) is 0. The molecule has 0 spiro atoms. The van der Waals surface area contributed by atoms with Gasteiger partial charge in [-0.25, -0.2) is 10.4 Å². The van der Waals surface area contributed by atoms with Crippen molar-refractivity contribution in [3.63, 3.8) is 0 Å². The predicted molar refractivity (Wildman–Crippen MR) is 68.4 cm³/mol. The summed E-state index contributed by atoms with van der Waals surface area (Å²) in [4.78, 5) is 1.64. The van der Waals surface area contributed by atoms with Crippen LogP contribution in [0, 0.1) is 0 Å². The van der Waals surface area contributed by atoms with Crippen LogP contribution in [0.1, 0.15) is 0 Å². The van der Waals surface area contributed by atoms with E-state index < -0.39 is 0 Å². The van der Waals surface area contributed by atoms with Crippen LogP contribution in [0.4, 0.5) is 11.6 Å². The molecule has 0 radical (unpaired) electrons. The van der Waals surface area contributed by atoms with Gasteiger partial charge in [0.15, 0.2) is 0 Å². The van der Waals surface area contributed by atoms with Gasteiger partial charge >= 0.3 is 0 Å². The van der Waals surface area contributed by atoms with Crippen molar-refractivity contribution in [1.82, 2.24) is 26.1 Å². The molecule has 12 heteroatoms. The third-order valence-electron chi connectivity index (χ3n) is 3.16. The summed E-state index contributed by atoms with van der Waals surface area (Å²) < 4.78 is 0. The fraction of sp³-hybridized carbons (Fsp3) is 0.750. The summed E-state index contributed by atoms with van der Waals surface area (Å²) in [5.74, 6) is 1.43. The minimum Gasteiger partial charge on any atom is -0.272 e. The lowest BCUT2D eigenvalue weighted by Gasteiger charge is -2.22. The van der Waals surface area contributed by atoms with Crippen molar-refractivity contribution in [3.8, 4) is 0 Å². The second-order valence-electron chi connectivity index (χ2n) is 4.44. The van der Waals surface area contributed by atoms with Crippen molar-refractivity contribution in [3.05, 3.63) is 0 Å². The largest absolute Gasteiger partial charge is 0.272 e. The van der Waals surface area contributed by atoms with Crippen LogP contribution in [-0.4, -0.2) is 54.4 Å². The molecule has 106 valence electrons. The highest BCUT2D eigenvalue weighted by molar-refractivity contribution is 5.62. The Morgan fingerprint density at radius 2 is 1.90 bits per heavy atom. The van der Waals surface area contributed by atoms with Crippen LogP contribution in [0.2, 0.25) is 0 Å². The fourth-order valence-corrected chi connectivity index (χ4v) is 2.23. The molecule has 4 rings (SSSR count). The Labute approximate surface area is 114 Å². The summed E-state index contributed by atoms with van der Waals surface area (Å²) >= 11 is 0. The average Bonchev–Trinajstić information content (AvgIpc) is 3.23. The zero-order valence-electron chi connectivity index (χ0n) is 10.7. The molecule has 0 bridgehead atoms. The Bertz CT molecular complexity index is 502. The summed E-state index contributed by atoms with van der Waals surface area (Å²) in [6.07, 6.45) is 0. The monoisotopic (exact) mass is 278 g/mol. The fourth-order valence-electron chi connectivity index (χ4n) is 2.23. The van der Waals surface area contributed by atoms with E-state index in [2.05, 4.69) is 41.9 Å². The Morgan fingerprint density at radius 1 is 1.00 bits per heavy atom. The molecule has 20 heavy (non-hydrogen) atoms. The molecule has 0 amide bonds.